The molecule has 1 aliphatic rings. The maximum Gasteiger partial charge on any atom is 0.307 e. The number of rotatable bonds is 5. The third-order valence-corrected chi connectivity index (χ3v) is 3.88. The summed E-state index contributed by atoms with van der Waals surface area (Å²) in [5, 5.41) is 8.89. The van der Waals surface area contributed by atoms with Crippen molar-refractivity contribution in [2.75, 3.05) is 6.26 Å². The van der Waals surface area contributed by atoms with Crippen molar-refractivity contribution in [3.63, 3.8) is 0 Å². The van der Waals surface area contributed by atoms with Crippen LogP contribution in [-0.4, -0.2) is 22.9 Å². The number of thioether (sulfide) groups is 1. The third-order valence-electron chi connectivity index (χ3n) is 3.13. The first-order valence-corrected chi connectivity index (χ1v) is 6.91. The first kappa shape index (κ1) is 12.3. The molecule has 1 aromatic carbocycles. The normalized spacial score (nSPS) is 17.2. The minimum atomic E-state index is -0.787. The molecule has 0 aromatic heterocycles. The number of aliphatic carboxylic acids is 1. The first-order chi connectivity index (χ1) is 8.13. The summed E-state index contributed by atoms with van der Waals surface area (Å²) in [6.45, 7) is 0. The molecule has 0 atom stereocenters. The second-order valence-corrected chi connectivity index (χ2v) is 5.26. The Balaban J connectivity index is 2.04. The highest BCUT2D eigenvalue weighted by molar-refractivity contribution is 7.98. The van der Waals surface area contributed by atoms with Gasteiger partial charge in [-0.2, -0.15) is 0 Å². The Kier molecular flexibility index (Phi) is 3.62. The van der Waals surface area contributed by atoms with E-state index in [0.717, 1.165) is 25.0 Å². The van der Waals surface area contributed by atoms with Gasteiger partial charge in [0.1, 0.15) is 11.4 Å². The topological polar surface area (TPSA) is 46.5 Å². The maximum absolute atomic E-state index is 10.8. The summed E-state index contributed by atoms with van der Waals surface area (Å²) < 4.78 is 5.86. The van der Waals surface area contributed by atoms with Crippen molar-refractivity contribution in [2.45, 2.75) is 36.2 Å². The summed E-state index contributed by atoms with van der Waals surface area (Å²) >= 11 is 1.68. The first-order valence-electron chi connectivity index (χ1n) is 5.68. The van der Waals surface area contributed by atoms with E-state index in [1.807, 2.05) is 30.5 Å². The number of carboxylic acids is 1. The van der Waals surface area contributed by atoms with Crippen molar-refractivity contribution in [2.24, 2.45) is 0 Å². The van der Waals surface area contributed by atoms with Crippen molar-refractivity contribution in [1.82, 2.24) is 0 Å². The van der Waals surface area contributed by atoms with E-state index >= 15 is 0 Å². The highest BCUT2D eigenvalue weighted by atomic mass is 32.2. The second-order valence-electron chi connectivity index (χ2n) is 4.38. The molecule has 4 heteroatoms. The van der Waals surface area contributed by atoms with Crippen LogP contribution in [0.15, 0.2) is 29.2 Å². The van der Waals surface area contributed by atoms with E-state index in [4.69, 9.17) is 9.84 Å². The fourth-order valence-electron chi connectivity index (χ4n) is 2.06. The zero-order valence-corrected chi connectivity index (χ0v) is 10.6. The molecule has 0 saturated heterocycles. The fourth-order valence-corrected chi connectivity index (χ4v) is 2.46. The van der Waals surface area contributed by atoms with Gasteiger partial charge in [0.2, 0.25) is 0 Å². The molecule has 0 spiro atoms. The predicted octanol–water partition coefficient (Wildman–Crippen LogP) is 3.18. The molecule has 2 rings (SSSR count). The Labute approximate surface area is 105 Å². The molecule has 0 amide bonds. The molecule has 0 heterocycles. The zero-order chi connectivity index (χ0) is 12.3. The van der Waals surface area contributed by atoms with Crippen molar-refractivity contribution in [1.29, 1.82) is 0 Å². The summed E-state index contributed by atoms with van der Waals surface area (Å²) in [6.07, 6.45) is 4.84. The molecule has 0 radical (unpaired) electrons. The monoisotopic (exact) mass is 252 g/mol. The average Bonchev–Trinajstić information content (AvgIpc) is 2.26. The molecule has 0 bridgehead atoms. The van der Waals surface area contributed by atoms with E-state index < -0.39 is 11.6 Å². The highest BCUT2D eigenvalue weighted by Gasteiger charge is 2.41. The zero-order valence-electron chi connectivity index (χ0n) is 9.81. The van der Waals surface area contributed by atoms with Crippen LogP contribution in [0, 0.1) is 0 Å². The van der Waals surface area contributed by atoms with Gasteiger partial charge in [-0.3, -0.25) is 4.79 Å². The standard InChI is InChI=1S/C13H16O3S/c1-17-11-5-3-10(4-6-11)16-13(7-2-8-13)9-12(14)15/h3-6H,2,7-9H2,1H3,(H,14,15). The molecular weight excluding hydrogens is 236 g/mol. The Hall–Kier alpha value is -1.16. The van der Waals surface area contributed by atoms with Gasteiger partial charge in [-0.25, -0.2) is 0 Å². The average molecular weight is 252 g/mol. The number of hydrogen-bond donors (Lipinski definition) is 1. The summed E-state index contributed by atoms with van der Waals surface area (Å²) in [6, 6.07) is 7.81. The molecule has 17 heavy (non-hydrogen) atoms. The summed E-state index contributed by atoms with van der Waals surface area (Å²) in [5.41, 5.74) is -0.466. The van der Waals surface area contributed by atoms with Crippen LogP contribution in [0.25, 0.3) is 0 Å². The summed E-state index contributed by atoms with van der Waals surface area (Å²) in [4.78, 5) is 12.0. The Bertz CT molecular complexity index is 396. The van der Waals surface area contributed by atoms with Gasteiger partial charge in [0, 0.05) is 4.90 Å². The van der Waals surface area contributed by atoms with E-state index in [-0.39, 0.29) is 6.42 Å². The van der Waals surface area contributed by atoms with Crippen LogP contribution >= 0.6 is 11.8 Å². The van der Waals surface area contributed by atoms with Gasteiger partial charge >= 0.3 is 5.97 Å². The molecule has 1 N–H and O–H groups in total. The van der Waals surface area contributed by atoms with Crippen LogP contribution in [0.5, 0.6) is 5.75 Å². The number of carbonyl (C=O) groups is 1. The van der Waals surface area contributed by atoms with Crippen LogP contribution in [0.2, 0.25) is 0 Å². The van der Waals surface area contributed by atoms with Gasteiger partial charge in [-0.15, -0.1) is 11.8 Å². The predicted molar refractivity (Wildman–Crippen MR) is 67.7 cm³/mol. The third kappa shape index (κ3) is 2.94. The minimum Gasteiger partial charge on any atom is -0.487 e. The molecule has 3 nitrogen and oxygen atoms in total. The molecule has 1 fully saturated rings. The molecular formula is C13H16O3S. The Morgan fingerprint density at radius 1 is 1.41 bits per heavy atom. The lowest BCUT2D eigenvalue weighted by atomic mass is 9.77. The van der Waals surface area contributed by atoms with Crippen LogP contribution in [0.4, 0.5) is 0 Å². The molecule has 1 aliphatic carbocycles. The molecule has 0 aliphatic heterocycles. The largest absolute Gasteiger partial charge is 0.487 e. The summed E-state index contributed by atoms with van der Waals surface area (Å²) in [7, 11) is 0. The van der Waals surface area contributed by atoms with Gasteiger partial charge in [0.15, 0.2) is 0 Å². The lowest BCUT2D eigenvalue weighted by molar-refractivity contribution is -0.144. The SMILES string of the molecule is CSc1ccc(OC2(CC(=O)O)CCC2)cc1. The van der Waals surface area contributed by atoms with Gasteiger partial charge in [0.05, 0.1) is 6.42 Å². The Morgan fingerprint density at radius 3 is 2.47 bits per heavy atom. The van der Waals surface area contributed by atoms with Crippen LogP contribution in [0.3, 0.4) is 0 Å². The lowest BCUT2D eigenvalue weighted by Gasteiger charge is -2.40. The van der Waals surface area contributed by atoms with Gasteiger partial charge < -0.3 is 9.84 Å². The van der Waals surface area contributed by atoms with Gasteiger partial charge in [0.25, 0.3) is 0 Å². The molecule has 0 unspecified atom stereocenters. The quantitative estimate of drug-likeness (QED) is 0.817. The number of benzene rings is 1. The second kappa shape index (κ2) is 5.00. The maximum atomic E-state index is 10.8. The number of ether oxygens (including phenoxy) is 1. The molecule has 92 valence electrons. The van der Waals surface area contributed by atoms with E-state index in [1.54, 1.807) is 11.8 Å². The van der Waals surface area contributed by atoms with Crippen LogP contribution in [-0.2, 0) is 4.79 Å². The van der Waals surface area contributed by atoms with Crippen molar-refractivity contribution in [3.8, 4) is 5.75 Å². The van der Waals surface area contributed by atoms with E-state index in [2.05, 4.69) is 0 Å². The highest BCUT2D eigenvalue weighted by Crippen LogP contribution is 2.39. The Morgan fingerprint density at radius 2 is 2.06 bits per heavy atom. The van der Waals surface area contributed by atoms with E-state index in [1.165, 1.54) is 4.90 Å². The lowest BCUT2D eigenvalue weighted by Crippen LogP contribution is -2.45. The van der Waals surface area contributed by atoms with Crippen molar-refractivity contribution < 1.29 is 14.6 Å². The summed E-state index contributed by atoms with van der Waals surface area (Å²) in [5.74, 6) is -0.0193. The smallest absolute Gasteiger partial charge is 0.307 e. The van der Waals surface area contributed by atoms with Crippen molar-refractivity contribution in [3.05, 3.63) is 24.3 Å². The van der Waals surface area contributed by atoms with Gasteiger partial charge in [-0.05, 0) is 49.8 Å². The molecule has 1 saturated carbocycles. The fraction of sp³-hybridized carbons (Fsp3) is 0.462. The van der Waals surface area contributed by atoms with Crippen LogP contribution < -0.4 is 4.74 Å². The number of hydrogen-bond acceptors (Lipinski definition) is 3. The number of carboxylic acid groups (broad SMARTS) is 1. The van der Waals surface area contributed by atoms with Gasteiger partial charge in [-0.1, -0.05) is 0 Å². The van der Waals surface area contributed by atoms with Crippen molar-refractivity contribution >= 4 is 17.7 Å². The van der Waals surface area contributed by atoms with E-state index in [0.29, 0.717) is 0 Å². The molecule has 1 aromatic rings. The van der Waals surface area contributed by atoms with Crippen LogP contribution in [0.1, 0.15) is 25.7 Å². The minimum absolute atomic E-state index is 0.0945. The van der Waals surface area contributed by atoms with E-state index in [9.17, 15) is 4.79 Å².